The Bertz CT molecular complexity index is 1030. The van der Waals surface area contributed by atoms with Crippen LogP contribution in [0, 0.1) is 5.92 Å². The first-order valence-corrected chi connectivity index (χ1v) is 11.0. The minimum Gasteiger partial charge on any atom is -0.497 e. The van der Waals surface area contributed by atoms with Gasteiger partial charge in [-0.2, -0.15) is 0 Å². The molecule has 0 unspecified atom stereocenters. The van der Waals surface area contributed by atoms with Gasteiger partial charge in [-0.05, 0) is 54.7 Å². The van der Waals surface area contributed by atoms with Crippen LogP contribution in [-0.2, 0) is 27.8 Å². The first-order valence-electron chi connectivity index (χ1n) is 9.14. The smallest absolute Gasteiger partial charge is 0.263 e. The molecule has 0 radical (unpaired) electrons. The number of ether oxygens (including phenoxy) is 1. The Balaban J connectivity index is 1.55. The molecular weight excluding hydrogens is 400 g/mol. The first kappa shape index (κ1) is 19.1. The monoisotopic (exact) mass is 420 g/mol. The molecule has 4 rings (SSSR count). The van der Waals surface area contributed by atoms with Gasteiger partial charge in [0.05, 0.1) is 12.1 Å². The van der Waals surface area contributed by atoms with Gasteiger partial charge in [-0.25, -0.2) is 8.42 Å². The Morgan fingerprint density at radius 3 is 2.64 bits per heavy atom. The minimum atomic E-state index is -3.85. The van der Waals surface area contributed by atoms with E-state index in [1.165, 1.54) is 19.2 Å². The third-order valence-electron chi connectivity index (χ3n) is 5.14. The largest absolute Gasteiger partial charge is 0.497 e. The number of fused-ring (bicyclic) bond motifs is 1. The molecule has 0 saturated heterocycles. The van der Waals surface area contributed by atoms with Crippen LogP contribution in [0.4, 0.5) is 5.69 Å². The van der Waals surface area contributed by atoms with Crippen molar-refractivity contribution < 1.29 is 17.9 Å². The van der Waals surface area contributed by atoms with Gasteiger partial charge in [0.2, 0.25) is 5.91 Å². The van der Waals surface area contributed by atoms with Gasteiger partial charge in [0, 0.05) is 30.8 Å². The predicted molar refractivity (Wildman–Crippen MR) is 107 cm³/mol. The summed E-state index contributed by atoms with van der Waals surface area (Å²) < 4.78 is 33.2. The van der Waals surface area contributed by atoms with Crippen molar-refractivity contribution >= 4 is 33.2 Å². The molecule has 1 N–H and O–H groups in total. The highest BCUT2D eigenvalue weighted by atomic mass is 35.5. The summed E-state index contributed by atoms with van der Waals surface area (Å²) in [5.41, 5.74) is 2.57. The van der Waals surface area contributed by atoms with Crippen molar-refractivity contribution in [2.75, 3.05) is 18.4 Å². The number of hydrogen-bond acceptors (Lipinski definition) is 4. The summed E-state index contributed by atoms with van der Waals surface area (Å²) in [4.78, 5) is 14.2. The molecule has 148 valence electrons. The third kappa shape index (κ3) is 3.82. The van der Waals surface area contributed by atoms with Gasteiger partial charge < -0.3 is 9.64 Å². The maximum atomic E-state index is 12.8. The van der Waals surface area contributed by atoms with Crippen LogP contribution in [-0.4, -0.2) is 32.9 Å². The van der Waals surface area contributed by atoms with Gasteiger partial charge in [0.15, 0.2) is 0 Å². The molecule has 28 heavy (non-hydrogen) atoms. The normalized spacial score (nSPS) is 16.4. The lowest BCUT2D eigenvalue weighted by molar-refractivity contribution is -0.133. The number of amides is 1. The molecule has 0 aromatic heterocycles. The van der Waals surface area contributed by atoms with Crippen molar-refractivity contribution in [3.05, 3.63) is 52.5 Å². The van der Waals surface area contributed by atoms with Crippen molar-refractivity contribution in [3.63, 3.8) is 0 Å². The zero-order chi connectivity index (χ0) is 19.9. The minimum absolute atomic E-state index is 0.0155. The lowest BCUT2D eigenvalue weighted by Crippen LogP contribution is -2.36. The summed E-state index contributed by atoms with van der Waals surface area (Å²) in [6.45, 7) is 1.23. The van der Waals surface area contributed by atoms with Crippen LogP contribution in [0.1, 0.15) is 24.0 Å². The van der Waals surface area contributed by atoms with Crippen LogP contribution in [0.25, 0.3) is 0 Å². The van der Waals surface area contributed by atoms with Gasteiger partial charge in [0.1, 0.15) is 10.6 Å². The van der Waals surface area contributed by atoms with E-state index in [1.54, 1.807) is 18.2 Å². The molecule has 8 heteroatoms. The number of carbonyl (C=O) groups excluding carboxylic acids is 1. The molecule has 0 atom stereocenters. The number of nitrogens with one attached hydrogen (secondary N) is 1. The second-order valence-electron chi connectivity index (χ2n) is 7.17. The molecule has 1 aliphatic heterocycles. The Kier molecular flexibility index (Phi) is 4.97. The SMILES string of the molecule is COc1ccc(S(=O)(=O)Nc2ccc3c(c2)CN(C(=O)C2CC2)CC3)c(Cl)c1. The molecule has 2 aromatic rings. The first-order chi connectivity index (χ1) is 13.4. The molecule has 1 fully saturated rings. The van der Waals surface area contributed by atoms with Crippen molar-refractivity contribution in [2.24, 2.45) is 5.92 Å². The average molecular weight is 421 g/mol. The number of anilines is 1. The Morgan fingerprint density at radius 1 is 1.18 bits per heavy atom. The number of rotatable bonds is 5. The van der Waals surface area contributed by atoms with Crippen molar-refractivity contribution in [3.8, 4) is 5.75 Å². The topological polar surface area (TPSA) is 75.7 Å². The maximum Gasteiger partial charge on any atom is 0.263 e. The van der Waals surface area contributed by atoms with E-state index in [0.717, 1.165) is 36.9 Å². The second kappa shape index (κ2) is 7.29. The van der Waals surface area contributed by atoms with E-state index in [2.05, 4.69) is 4.72 Å². The number of benzene rings is 2. The zero-order valence-electron chi connectivity index (χ0n) is 15.4. The highest BCUT2D eigenvalue weighted by Gasteiger charge is 2.34. The quantitative estimate of drug-likeness (QED) is 0.803. The van der Waals surface area contributed by atoms with E-state index < -0.39 is 10.0 Å². The van der Waals surface area contributed by atoms with Gasteiger partial charge in [-0.1, -0.05) is 17.7 Å². The van der Waals surface area contributed by atoms with Gasteiger partial charge in [0.25, 0.3) is 10.0 Å². The lowest BCUT2D eigenvalue weighted by Gasteiger charge is -2.29. The fourth-order valence-electron chi connectivity index (χ4n) is 3.43. The Morgan fingerprint density at radius 2 is 1.96 bits per heavy atom. The van der Waals surface area contributed by atoms with E-state index in [4.69, 9.17) is 16.3 Å². The summed E-state index contributed by atoms with van der Waals surface area (Å²) in [6.07, 6.45) is 2.74. The van der Waals surface area contributed by atoms with Crippen LogP contribution in [0.2, 0.25) is 5.02 Å². The molecule has 0 bridgehead atoms. The fraction of sp³-hybridized carbons (Fsp3) is 0.350. The van der Waals surface area contributed by atoms with Crippen molar-refractivity contribution in [1.29, 1.82) is 0 Å². The Labute approximate surface area is 169 Å². The van der Waals surface area contributed by atoms with E-state index in [9.17, 15) is 13.2 Å². The highest BCUT2D eigenvalue weighted by molar-refractivity contribution is 7.92. The molecule has 2 aromatic carbocycles. The summed E-state index contributed by atoms with van der Waals surface area (Å²) in [6, 6.07) is 9.89. The van der Waals surface area contributed by atoms with Crippen LogP contribution >= 0.6 is 11.6 Å². The average Bonchev–Trinajstić information content (AvgIpc) is 3.51. The van der Waals surface area contributed by atoms with Crippen LogP contribution in [0.15, 0.2) is 41.3 Å². The lowest BCUT2D eigenvalue weighted by atomic mass is 9.99. The highest BCUT2D eigenvalue weighted by Crippen LogP contribution is 2.33. The molecule has 1 saturated carbocycles. The van der Waals surface area contributed by atoms with Crippen molar-refractivity contribution in [2.45, 2.75) is 30.7 Å². The van der Waals surface area contributed by atoms with Gasteiger partial charge in [-0.3, -0.25) is 9.52 Å². The zero-order valence-corrected chi connectivity index (χ0v) is 17.0. The molecule has 1 heterocycles. The van der Waals surface area contributed by atoms with E-state index >= 15 is 0 Å². The molecular formula is C20H21ClN2O4S. The third-order valence-corrected chi connectivity index (χ3v) is 7.00. The number of nitrogens with zero attached hydrogens (tertiary/aromatic N) is 1. The molecule has 1 amide bonds. The molecule has 1 aliphatic carbocycles. The van der Waals surface area contributed by atoms with E-state index in [-0.39, 0.29) is 21.7 Å². The van der Waals surface area contributed by atoms with E-state index in [1.807, 2.05) is 11.0 Å². The number of sulfonamides is 1. The second-order valence-corrected chi connectivity index (χ2v) is 9.23. The number of carbonyl (C=O) groups is 1. The number of halogens is 1. The summed E-state index contributed by atoms with van der Waals surface area (Å²) in [5.74, 6) is 0.875. The van der Waals surface area contributed by atoms with Gasteiger partial charge in [-0.15, -0.1) is 0 Å². The van der Waals surface area contributed by atoms with Crippen LogP contribution in [0.5, 0.6) is 5.75 Å². The van der Waals surface area contributed by atoms with Gasteiger partial charge >= 0.3 is 0 Å². The maximum absolute atomic E-state index is 12.8. The molecule has 6 nitrogen and oxygen atoms in total. The van der Waals surface area contributed by atoms with Crippen LogP contribution in [0.3, 0.4) is 0 Å². The fourth-order valence-corrected chi connectivity index (χ4v) is 5.02. The summed E-state index contributed by atoms with van der Waals surface area (Å²) >= 11 is 6.12. The van der Waals surface area contributed by atoms with E-state index in [0.29, 0.717) is 18.0 Å². The predicted octanol–water partition coefficient (Wildman–Crippen LogP) is 3.44. The number of methoxy groups -OCH3 is 1. The summed E-state index contributed by atoms with van der Waals surface area (Å²) in [7, 11) is -2.36. The number of hydrogen-bond donors (Lipinski definition) is 1. The standard InChI is InChI=1S/C20H21ClN2O4S/c1-27-17-6-7-19(18(21)11-17)28(25,26)22-16-5-4-13-8-9-23(12-15(13)10-16)20(24)14-2-3-14/h4-7,10-11,14,22H,2-3,8-9,12H2,1H3. The van der Waals surface area contributed by atoms with Crippen LogP contribution < -0.4 is 9.46 Å². The summed E-state index contributed by atoms with van der Waals surface area (Å²) in [5, 5.41) is 0.0889. The van der Waals surface area contributed by atoms with Crippen molar-refractivity contribution in [1.82, 2.24) is 4.90 Å². The molecule has 0 spiro atoms. The Hall–Kier alpha value is -2.25. The molecule has 2 aliphatic rings.